The molecule has 0 amide bonds. The van der Waals surface area contributed by atoms with Gasteiger partial charge in [-0.05, 0) is 6.92 Å². The Morgan fingerprint density at radius 1 is 1.30 bits per heavy atom. The van der Waals surface area contributed by atoms with Gasteiger partial charge in [0.15, 0.2) is 0 Å². The summed E-state index contributed by atoms with van der Waals surface area (Å²) < 4.78 is 11.2. The second-order valence-corrected chi connectivity index (χ2v) is 4.66. The van der Waals surface area contributed by atoms with Crippen LogP contribution in [0.5, 0.6) is 5.75 Å². The van der Waals surface area contributed by atoms with Gasteiger partial charge < -0.3 is 20.1 Å². The van der Waals surface area contributed by atoms with Crippen molar-refractivity contribution < 1.29 is 9.47 Å². The van der Waals surface area contributed by atoms with Crippen LogP contribution in [0.1, 0.15) is 6.92 Å². The lowest BCUT2D eigenvalue weighted by Crippen LogP contribution is -2.38. The average molecular weight is 280 g/mol. The normalized spacial score (nSPS) is 15.9. The summed E-state index contributed by atoms with van der Waals surface area (Å²) in [5, 5.41) is 6.25. The van der Waals surface area contributed by atoms with E-state index in [9.17, 15) is 0 Å². The number of ether oxygens (including phenoxy) is 2. The van der Waals surface area contributed by atoms with Crippen LogP contribution in [0.4, 0.5) is 11.6 Å². The zero-order chi connectivity index (χ0) is 14.2. The maximum absolute atomic E-state index is 5.84. The fourth-order valence-corrected chi connectivity index (χ4v) is 2.11. The highest BCUT2D eigenvalue weighted by Gasteiger charge is 2.10. The lowest BCUT2D eigenvalue weighted by Gasteiger charge is -2.26. The highest BCUT2D eigenvalue weighted by molar-refractivity contribution is 5.51. The third kappa shape index (κ3) is 4.54. The Bertz CT molecular complexity index is 408. The van der Waals surface area contributed by atoms with Gasteiger partial charge in [0.1, 0.15) is 24.0 Å². The summed E-state index contributed by atoms with van der Waals surface area (Å²) in [7, 11) is 1.86. The third-order valence-electron chi connectivity index (χ3n) is 3.19. The lowest BCUT2D eigenvalue weighted by molar-refractivity contribution is 0.0322. The van der Waals surface area contributed by atoms with Gasteiger partial charge in [0.05, 0.1) is 13.2 Å². The predicted molar refractivity (Wildman–Crippen MR) is 80.7 cm³/mol. The molecule has 20 heavy (non-hydrogen) atoms. The van der Waals surface area contributed by atoms with Crippen LogP contribution in [0.25, 0.3) is 0 Å². The zero-order valence-corrected chi connectivity index (χ0v) is 12.3. The van der Waals surface area contributed by atoms with Gasteiger partial charge in [-0.2, -0.15) is 0 Å². The summed E-state index contributed by atoms with van der Waals surface area (Å²) in [6.07, 6.45) is 0. The first-order chi connectivity index (χ1) is 9.81. The summed E-state index contributed by atoms with van der Waals surface area (Å²) in [4.78, 5) is 6.77. The monoisotopic (exact) mass is 280 g/mol. The molecule has 2 heterocycles. The van der Waals surface area contributed by atoms with Crippen molar-refractivity contribution in [2.45, 2.75) is 6.92 Å². The molecule has 0 atom stereocenters. The number of morpholine rings is 1. The van der Waals surface area contributed by atoms with E-state index in [2.05, 4.69) is 20.5 Å². The van der Waals surface area contributed by atoms with Gasteiger partial charge in [-0.15, -0.1) is 0 Å². The van der Waals surface area contributed by atoms with Gasteiger partial charge >= 0.3 is 0 Å². The molecule has 1 aliphatic heterocycles. The van der Waals surface area contributed by atoms with Gasteiger partial charge in [0.25, 0.3) is 0 Å². The van der Waals surface area contributed by atoms with Crippen LogP contribution < -0.4 is 15.4 Å². The Balaban J connectivity index is 1.85. The van der Waals surface area contributed by atoms with Gasteiger partial charge in [0.2, 0.25) is 0 Å². The second kappa shape index (κ2) is 7.91. The van der Waals surface area contributed by atoms with Crippen LogP contribution in [-0.2, 0) is 4.74 Å². The number of nitrogens with zero attached hydrogens (tertiary/aromatic N) is 2. The summed E-state index contributed by atoms with van der Waals surface area (Å²) in [6, 6.07) is 3.85. The molecular formula is C14H24N4O2. The van der Waals surface area contributed by atoms with Crippen molar-refractivity contribution in [2.75, 3.05) is 63.7 Å². The molecule has 2 rings (SSSR count). The minimum absolute atomic E-state index is 0.679. The van der Waals surface area contributed by atoms with E-state index >= 15 is 0 Å². The molecule has 1 aromatic heterocycles. The largest absolute Gasteiger partial charge is 0.492 e. The summed E-state index contributed by atoms with van der Waals surface area (Å²) in [5.41, 5.74) is 0. The van der Waals surface area contributed by atoms with Crippen molar-refractivity contribution in [1.82, 2.24) is 9.88 Å². The Morgan fingerprint density at radius 3 is 2.75 bits per heavy atom. The number of pyridine rings is 1. The minimum atomic E-state index is 0.679. The van der Waals surface area contributed by atoms with Crippen LogP contribution in [-0.4, -0.2) is 62.9 Å². The van der Waals surface area contributed by atoms with Crippen LogP contribution >= 0.6 is 0 Å². The van der Waals surface area contributed by atoms with Crippen molar-refractivity contribution in [3.8, 4) is 5.75 Å². The number of hydrogen-bond acceptors (Lipinski definition) is 6. The Morgan fingerprint density at radius 2 is 2.05 bits per heavy atom. The van der Waals surface area contributed by atoms with E-state index in [1.807, 2.05) is 26.1 Å². The second-order valence-electron chi connectivity index (χ2n) is 4.66. The lowest BCUT2D eigenvalue weighted by atomic mass is 10.4. The van der Waals surface area contributed by atoms with Crippen LogP contribution in [0.15, 0.2) is 12.1 Å². The maximum Gasteiger partial charge on any atom is 0.132 e. The zero-order valence-electron chi connectivity index (χ0n) is 12.3. The molecule has 2 N–H and O–H groups in total. The summed E-state index contributed by atoms with van der Waals surface area (Å²) in [6.45, 7) is 8.12. The molecule has 1 saturated heterocycles. The van der Waals surface area contributed by atoms with Crippen molar-refractivity contribution >= 4 is 11.6 Å². The number of nitrogens with one attached hydrogen (secondary N) is 2. The molecular weight excluding hydrogens is 256 g/mol. The number of aromatic nitrogens is 1. The fraction of sp³-hybridized carbons (Fsp3) is 0.643. The molecule has 0 spiro atoms. The van der Waals surface area contributed by atoms with Crippen molar-refractivity contribution in [2.24, 2.45) is 0 Å². The average Bonchev–Trinajstić information content (AvgIpc) is 2.48. The molecule has 1 fully saturated rings. The van der Waals surface area contributed by atoms with E-state index < -0.39 is 0 Å². The summed E-state index contributed by atoms with van der Waals surface area (Å²) >= 11 is 0. The first kappa shape index (κ1) is 14.9. The van der Waals surface area contributed by atoms with Crippen molar-refractivity contribution in [3.63, 3.8) is 0 Å². The van der Waals surface area contributed by atoms with E-state index in [-0.39, 0.29) is 0 Å². The maximum atomic E-state index is 5.84. The molecule has 1 aliphatic rings. The molecule has 0 unspecified atom stereocenters. The number of rotatable bonds is 7. The van der Waals surface area contributed by atoms with Crippen LogP contribution in [0.3, 0.4) is 0 Å². The molecule has 0 aromatic carbocycles. The first-order valence-corrected chi connectivity index (χ1v) is 7.18. The molecule has 0 radical (unpaired) electrons. The quantitative estimate of drug-likeness (QED) is 0.784. The molecule has 0 bridgehead atoms. The molecule has 1 aromatic rings. The topological polar surface area (TPSA) is 58.7 Å². The van der Waals surface area contributed by atoms with Crippen molar-refractivity contribution in [1.29, 1.82) is 0 Å². The molecule has 6 heteroatoms. The molecule has 0 aliphatic carbocycles. The smallest absolute Gasteiger partial charge is 0.132 e. The standard InChI is InChI=1S/C14H24N4O2/c1-3-16-14-11-12(10-13(15-2)17-14)20-9-6-18-4-7-19-8-5-18/h10-11H,3-9H2,1-2H3,(H2,15,16,17). The Hall–Kier alpha value is -1.53. The van der Waals surface area contributed by atoms with Gasteiger partial charge in [-0.25, -0.2) is 4.98 Å². The van der Waals surface area contributed by atoms with Crippen LogP contribution in [0.2, 0.25) is 0 Å². The number of anilines is 2. The number of hydrogen-bond donors (Lipinski definition) is 2. The minimum Gasteiger partial charge on any atom is -0.492 e. The summed E-state index contributed by atoms with van der Waals surface area (Å²) in [5.74, 6) is 2.49. The molecule has 0 saturated carbocycles. The van der Waals surface area contributed by atoms with Crippen LogP contribution in [0, 0.1) is 0 Å². The van der Waals surface area contributed by atoms with Gasteiger partial charge in [0, 0.05) is 45.4 Å². The van der Waals surface area contributed by atoms with E-state index in [1.54, 1.807) is 0 Å². The van der Waals surface area contributed by atoms with E-state index in [0.29, 0.717) is 6.61 Å². The first-order valence-electron chi connectivity index (χ1n) is 7.18. The third-order valence-corrected chi connectivity index (χ3v) is 3.19. The fourth-order valence-electron chi connectivity index (χ4n) is 2.11. The highest BCUT2D eigenvalue weighted by Crippen LogP contribution is 2.20. The highest BCUT2D eigenvalue weighted by atomic mass is 16.5. The Kier molecular flexibility index (Phi) is 5.88. The van der Waals surface area contributed by atoms with E-state index in [0.717, 1.165) is 56.8 Å². The predicted octanol–water partition coefficient (Wildman–Crippen LogP) is 1.27. The van der Waals surface area contributed by atoms with E-state index in [4.69, 9.17) is 9.47 Å². The Labute approximate surface area is 120 Å². The SMILES string of the molecule is CCNc1cc(OCCN2CCOCC2)cc(NC)n1. The molecule has 6 nitrogen and oxygen atoms in total. The van der Waals surface area contributed by atoms with Crippen molar-refractivity contribution in [3.05, 3.63) is 12.1 Å². The van der Waals surface area contributed by atoms with Gasteiger partial charge in [-0.3, -0.25) is 4.90 Å². The molecule has 112 valence electrons. The van der Waals surface area contributed by atoms with E-state index in [1.165, 1.54) is 0 Å². The van der Waals surface area contributed by atoms with Gasteiger partial charge in [-0.1, -0.05) is 0 Å².